The Balaban J connectivity index is 1.24. The van der Waals surface area contributed by atoms with Gasteiger partial charge < -0.3 is 20.4 Å². The molecule has 6 nitrogen and oxygen atoms in total. The third-order valence-electron chi connectivity index (χ3n) is 8.10. The standard InChI is InChI=1S/C26H30F3N3O3/c27-26(28,29)19-11-17-15-32(9-6-21(17)31-14-19)24(35)25-7-1-2-18(25)12-20(13-25)30-8-5-16-3-4-22(33)23(34)10-16/h3-4,10-11,14,18,20,30,33-34H,1-2,5-9,12-13,15H2. The van der Waals surface area contributed by atoms with Gasteiger partial charge in [0.1, 0.15) is 0 Å². The highest BCUT2D eigenvalue weighted by molar-refractivity contribution is 5.84. The first-order chi connectivity index (χ1) is 16.7. The molecule has 35 heavy (non-hydrogen) atoms. The SMILES string of the molecule is O=C(N1CCc2ncc(C(F)(F)F)cc2C1)C12CCCC1CC(NCCc1ccc(O)c(O)c1)C2. The molecule has 2 aromatic rings. The maximum atomic E-state index is 13.8. The number of pyridine rings is 1. The van der Waals surface area contributed by atoms with E-state index in [1.165, 1.54) is 6.07 Å². The first kappa shape index (κ1) is 23.9. The van der Waals surface area contributed by atoms with E-state index in [0.29, 0.717) is 37.2 Å². The summed E-state index contributed by atoms with van der Waals surface area (Å²) in [6.45, 7) is 1.36. The van der Waals surface area contributed by atoms with Crippen LogP contribution in [0.4, 0.5) is 13.2 Å². The number of carbonyl (C=O) groups is 1. The van der Waals surface area contributed by atoms with E-state index in [2.05, 4.69) is 10.3 Å². The number of nitrogens with one attached hydrogen (secondary N) is 1. The summed E-state index contributed by atoms with van der Waals surface area (Å²) in [6, 6.07) is 6.15. The smallest absolute Gasteiger partial charge is 0.417 e. The number of phenolic OH excluding ortho intramolecular Hbond substituents is 2. The molecule has 3 unspecified atom stereocenters. The van der Waals surface area contributed by atoms with Crippen LogP contribution < -0.4 is 5.32 Å². The van der Waals surface area contributed by atoms with Crippen LogP contribution in [0.15, 0.2) is 30.5 Å². The summed E-state index contributed by atoms with van der Waals surface area (Å²) in [5, 5.41) is 22.7. The van der Waals surface area contributed by atoms with Crippen molar-refractivity contribution in [3.63, 3.8) is 0 Å². The lowest BCUT2D eigenvalue weighted by Gasteiger charge is -2.37. The summed E-state index contributed by atoms with van der Waals surface area (Å²) in [5.74, 6) is 0.0849. The molecule has 1 amide bonds. The molecule has 0 bridgehead atoms. The Morgan fingerprint density at radius 1 is 1.23 bits per heavy atom. The van der Waals surface area contributed by atoms with Gasteiger partial charge in [-0.1, -0.05) is 12.5 Å². The van der Waals surface area contributed by atoms with E-state index in [4.69, 9.17) is 0 Å². The predicted molar refractivity (Wildman–Crippen MR) is 123 cm³/mol. The van der Waals surface area contributed by atoms with Crippen molar-refractivity contribution in [1.29, 1.82) is 0 Å². The lowest BCUT2D eigenvalue weighted by Crippen LogP contribution is -2.47. The van der Waals surface area contributed by atoms with E-state index >= 15 is 0 Å². The number of nitrogens with zero attached hydrogens (tertiary/aromatic N) is 2. The van der Waals surface area contributed by atoms with Gasteiger partial charge in [0, 0.05) is 37.4 Å². The van der Waals surface area contributed by atoms with Crippen molar-refractivity contribution in [2.75, 3.05) is 13.1 Å². The molecule has 2 fully saturated rings. The molecule has 2 saturated carbocycles. The fourth-order valence-corrected chi connectivity index (χ4v) is 6.36. The Kier molecular flexibility index (Phi) is 6.15. The molecule has 5 rings (SSSR count). The first-order valence-corrected chi connectivity index (χ1v) is 12.2. The van der Waals surface area contributed by atoms with Gasteiger partial charge in [0.15, 0.2) is 11.5 Å². The fourth-order valence-electron chi connectivity index (χ4n) is 6.36. The molecule has 1 aromatic heterocycles. The number of aromatic hydroxyl groups is 2. The van der Waals surface area contributed by atoms with E-state index < -0.39 is 17.2 Å². The zero-order chi connectivity index (χ0) is 24.8. The van der Waals surface area contributed by atoms with Gasteiger partial charge in [0.25, 0.3) is 0 Å². The molecule has 3 aliphatic rings. The van der Waals surface area contributed by atoms with Crippen LogP contribution in [-0.2, 0) is 30.4 Å². The number of amides is 1. The number of halogens is 3. The van der Waals surface area contributed by atoms with Crippen molar-refractivity contribution in [1.82, 2.24) is 15.2 Å². The number of benzene rings is 1. The highest BCUT2D eigenvalue weighted by Crippen LogP contribution is 2.55. The van der Waals surface area contributed by atoms with Crippen LogP contribution in [0.1, 0.15) is 54.5 Å². The van der Waals surface area contributed by atoms with Crippen LogP contribution in [0.5, 0.6) is 11.5 Å². The first-order valence-electron chi connectivity index (χ1n) is 12.2. The van der Waals surface area contributed by atoms with Gasteiger partial charge in [-0.15, -0.1) is 0 Å². The number of phenols is 2. The summed E-state index contributed by atoms with van der Waals surface area (Å²) in [4.78, 5) is 19.6. The number of alkyl halides is 3. The van der Waals surface area contributed by atoms with Gasteiger partial charge >= 0.3 is 6.18 Å². The van der Waals surface area contributed by atoms with Crippen molar-refractivity contribution in [3.05, 3.63) is 52.8 Å². The van der Waals surface area contributed by atoms with E-state index in [0.717, 1.165) is 49.9 Å². The van der Waals surface area contributed by atoms with E-state index in [-0.39, 0.29) is 35.9 Å². The average molecular weight is 490 g/mol. The monoisotopic (exact) mass is 489 g/mol. The fraction of sp³-hybridized carbons (Fsp3) is 0.538. The highest BCUT2D eigenvalue weighted by Gasteiger charge is 2.56. The van der Waals surface area contributed by atoms with Gasteiger partial charge in [0.2, 0.25) is 5.91 Å². The molecule has 3 N–H and O–H groups in total. The summed E-state index contributed by atoms with van der Waals surface area (Å²) < 4.78 is 39.5. The highest BCUT2D eigenvalue weighted by atomic mass is 19.4. The van der Waals surface area contributed by atoms with E-state index in [9.17, 15) is 28.2 Å². The normalized spacial score (nSPS) is 26.0. The van der Waals surface area contributed by atoms with Crippen LogP contribution in [-0.4, -0.2) is 45.1 Å². The van der Waals surface area contributed by atoms with E-state index in [1.54, 1.807) is 17.0 Å². The Hall–Kier alpha value is -2.81. The summed E-state index contributed by atoms with van der Waals surface area (Å²) in [7, 11) is 0. The van der Waals surface area contributed by atoms with Crippen LogP contribution in [0.3, 0.4) is 0 Å². The number of hydrogen-bond donors (Lipinski definition) is 3. The molecule has 2 heterocycles. The third kappa shape index (κ3) is 4.58. The van der Waals surface area contributed by atoms with Crippen LogP contribution in [0.25, 0.3) is 0 Å². The molecule has 2 aliphatic carbocycles. The zero-order valence-corrected chi connectivity index (χ0v) is 19.4. The maximum Gasteiger partial charge on any atom is 0.417 e. The van der Waals surface area contributed by atoms with Gasteiger partial charge in [-0.2, -0.15) is 13.2 Å². The van der Waals surface area contributed by atoms with Crippen molar-refractivity contribution in [3.8, 4) is 11.5 Å². The summed E-state index contributed by atoms with van der Waals surface area (Å²) in [6.07, 6.45) is 2.07. The molecule has 9 heteroatoms. The van der Waals surface area contributed by atoms with Crippen LogP contribution in [0, 0.1) is 11.3 Å². The minimum atomic E-state index is -4.45. The minimum absolute atomic E-state index is 0.0795. The summed E-state index contributed by atoms with van der Waals surface area (Å²) in [5.41, 5.74) is 0.843. The Morgan fingerprint density at radius 3 is 2.83 bits per heavy atom. The molecule has 0 saturated heterocycles. The third-order valence-corrected chi connectivity index (χ3v) is 8.10. The molecular weight excluding hydrogens is 459 g/mol. The largest absolute Gasteiger partial charge is 0.504 e. The van der Waals surface area contributed by atoms with Gasteiger partial charge in [-0.25, -0.2) is 0 Å². The molecule has 1 aromatic carbocycles. The van der Waals surface area contributed by atoms with Gasteiger partial charge in [-0.05, 0) is 73.9 Å². The van der Waals surface area contributed by atoms with Gasteiger partial charge in [-0.3, -0.25) is 9.78 Å². The Bertz CT molecular complexity index is 1120. The molecule has 3 atom stereocenters. The Morgan fingerprint density at radius 2 is 2.06 bits per heavy atom. The van der Waals surface area contributed by atoms with Crippen molar-refractivity contribution in [2.45, 2.75) is 63.7 Å². The predicted octanol–water partition coefficient (Wildman–Crippen LogP) is 4.18. The molecule has 0 radical (unpaired) electrons. The zero-order valence-electron chi connectivity index (χ0n) is 19.4. The minimum Gasteiger partial charge on any atom is -0.504 e. The Labute approximate surface area is 202 Å². The lowest BCUT2D eigenvalue weighted by atomic mass is 9.78. The van der Waals surface area contributed by atoms with Gasteiger partial charge in [0.05, 0.1) is 11.0 Å². The van der Waals surface area contributed by atoms with E-state index in [1.807, 2.05) is 0 Å². The molecule has 0 spiro atoms. The van der Waals surface area contributed by atoms with Crippen molar-refractivity contribution >= 4 is 5.91 Å². The number of rotatable bonds is 5. The van der Waals surface area contributed by atoms with Crippen molar-refractivity contribution < 1.29 is 28.2 Å². The second kappa shape index (κ2) is 9.00. The quantitative estimate of drug-likeness (QED) is 0.549. The maximum absolute atomic E-state index is 13.8. The molecule has 1 aliphatic heterocycles. The second-order valence-electron chi connectivity index (χ2n) is 10.2. The second-order valence-corrected chi connectivity index (χ2v) is 10.2. The number of fused-ring (bicyclic) bond motifs is 2. The number of aromatic nitrogens is 1. The number of carbonyl (C=O) groups excluding carboxylic acids is 1. The topological polar surface area (TPSA) is 85.7 Å². The molecule has 188 valence electrons. The average Bonchev–Trinajstić information content (AvgIpc) is 3.37. The van der Waals surface area contributed by atoms with Crippen molar-refractivity contribution in [2.24, 2.45) is 11.3 Å². The molecular formula is C26H30F3N3O3. The van der Waals surface area contributed by atoms with Crippen LogP contribution >= 0.6 is 0 Å². The number of hydrogen-bond acceptors (Lipinski definition) is 5. The lowest BCUT2D eigenvalue weighted by molar-refractivity contribution is -0.144. The van der Waals surface area contributed by atoms with Crippen LogP contribution in [0.2, 0.25) is 0 Å². The summed E-state index contributed by atoms with van der Waals surface area (Å²) >= 11 is 0.